The summed E-state index contributed by atoms with van der Waals surface area (Å²) in [4.78, 5) is 23.4. The Morgan fingerprint density at radius 3 is 2.70 bits per heavy atom. The van der Waals surface area contributed by atoms with Gasteiger partial charge in [-0.3, -0.25) is 30.9 Å². The van der Waals surface area contributed by atoms with Crippen LogP contribution in [0.3, 0.4) is 0 Å². The summed E-state index contributed by atoms with van der Waals surface area (Å²) in [5.74, 6) is 0.367. The lowest BCUT2D eigenvalue weighted by Gasteiger charge is -2.08. The third-order valence-electron chi connectivity index (χ3n) is 2.62. The van der Waals surface area contributed by atoms with E-state index in [1.807, 2.05) is 0 Å². The molecule has 9 heteroatoms. The molecule has 0 atom stereocenters. The Morgan fingerprint density at radius 2 is 2.09 bits per heavy atom. The standard InChI is InChI=1S/C14H15N5O3S/c1-8-7-11(17-16-8)13(21)18-19-14(23)15-12(20)6-5-10-4-3-9(2)22-10/h3-7H,1-2H3,(H,16,17)(H,18,21)(H2,15,19,20,23). The Balaban J connectivity index is 1.77. The molecule has 0 saturated carbocycles. The number of H-pyrrole nitrogens is 1. The smallest absolute Gasteiger partial charge is 0.290 e. The monoisotopic (exact) mass is 333 g/mol. The largest absolute Gasteiger partial charge is 0.462 e. The van der Waals surface area contributed by atoms with Crippen molar-refractivity contribution in [1.29, 1.82) is 0 Å². The molecule has 0 aromatic carbocycles. The lowest BCUT2D eigenvalue weighted by Crippen LogP contribution is -2.48. The van der Waals surface area contributed by atoms with E-state index >= 15 is 0 Å². The minimum Gasteiger partial charge on any atom is -0.462 e. The molecule has 0 fully saturated rings. The second kappa shape index (κ2) is 7.36. The molecule has 2 heterocycles. The lowest BCUT2D eigenvalue weighted by molar-refractivity contribution is -0.115. The number of nitrogens with zero attached hydrogens (tertiary/aromatic N) is 1. The van der Waals surface area contributed by atoms with E-state index in [1.165, 1.54) is 12.2 Å². The number of hydrazine groups is 1. The van der Waals surface area contributed by atoms with Crippen LogP contribution in [0.15, 0.2) is 28.7 Å². The van der Waals surface area contributed by atoms with Crippen LogP contribution in [0.1, 0.15) is 27.7 Å². The van der Waals surface area contributed by atoms with Gasteiger partial charge in [0.25, 0.3) is 5.91 Å². The zero-order valence-corrected chi connectivity index (χ0v) is 13.3. The van der Waals surface area contributed by atoms with E-state index in [0.29, 0.717) is 5.76 Å². The second-order valence-electron chi connectivity index (χ2n) is 4.62. The van der Waals surface area contributed by atoms with Crippen molar-refractivity contribution < 1.29 is 14.0 Å². The van der Waals surface area contributed by atoms with Gasteiger partial charge in [-0.2, -0.15) is 5.10 Å². The van der Waals surface area contributed by atoms with Crippen molar-refractivity contribution in [3.05, 3.63) is 47.2 Å². The molecule has 2 aromatic heterocycles. The number of aromatic nitrogens is 2. The number of carbonyl (C=O) groups excluding carboxylic acids is 2. The fourth-order valence-electron chi connectivity index (χ4n) is 1.60. The highest BCUT2D eigenvalue weighted by molar-refractivity contribution is 7.80. The van der Waals surface area contributed by atoms with E-state index in [9.17, 15) is 9.59 Å². The van der Waals surface area contributed by atoms with Crippen LogP contribution in [0.25, 0.3) is 6.08 Å². The average Bonchev–Trinajstić information content (AvgIpc) is 3.11. The first-order chi connectivity index (χ1) is 10.9. The van der Waals surface area contributed by atoms with E-state index < -0.39 is 11.8 Å². The number of aromatic amines is 1. The number of aryl methyl sites for hydroxylation is 2. The van der Waals surface area contributed by atoms with Gasteiger partial charge in [-0.15, -0.1) is 0 Å². The number of nitrogens with one attached hydrogen (secondary N) is 4. The topological polar surface area (TPSA) is 112 Å². The van der Waals surface area contributed by atoms with Crippen molar-refractivity contribution in [2.45, 2.75) is 13.8 Å². The van der Waals surface area contributed by atoms with Crippen LogP contribution >= 0.6 is 12.2 Å². The van der Waals surface area contributed by atoms with Crippen molar-refractivity contribution >= 4 is 35.2 Å². The maximum atomic E-state index is 11.7. The normalized spacial score (nSPS) is 10.5. The molecule has 4 N–H and O–H groups in total. The molecule has 0 aliphatic rings. The maximum absolute atomic E-state index is 11.7. The summed E-state index contributed by atoms with van der Waals surface area (Å²) < 4.78 is 5.29. The maximum Gasteiger partial charge on any atom is 0.290 e. The Hall–Kier alpha value is -2.94. The molecule has 0 aliphatic heterocycles. The summed E-state index contributed by atoms with van der Waals surface area (Å²) in [6, 6.07) is 5.10. The predicted octanol–water partition coefficient (Wildman–Crippen LogP) is 0.968. The molecule has 0 bridgehead atoms. The number of amides is 2. The van der Waals surface area contributed by atoms with E-state index in [-0.39, 0.29) is 10.8 Å². The summed E-state index contributed by atoms with van der Waals surface area (Å²) >= 11 is 4.90. The summed E-state index contributed by atoms with van der Waals surface area (Å²) in [5, 5.41) is 8.77. The average molecular weight is 333 g/mol. The van der Waals surface area contributed by atoms with Crippen molar-refractivity contribution in [2.24, 2.45) is 0 Å². The highest BCUT2D eigenvalue weighted by atomic mass is 32.1. The van der Waals surface area contributed by atoms with Gasteiger partial charge >= 0.3 is 0 Å². The van der Waals surface area contributed by atoms with E-state index in [2.05, 4.69) is 26.4 Å². The van der Waals surface area contributed by atoms with Crippen molar-refractivity contribution in [3.63, 3.8) is 0 Å². The van der Waals surface area contributed by atoms with Crippen molar-refractivity contribution in [1.82, 2.24) is 26.4 Å². The summed E-state index contributed by atoms with van der Waals surface area (Å²) in [6.45, 7) is 3.58. The number of rotatable bonds is 3. The van der Waals surface area contributed by atoms with Crippen LogP contribution in [0, 0.1) is 13.8 Å². The molecule has 0 spiro atoms. The molecular weight excluding hydrogens is 318 g/mol. The fraction of sp³-hybridized carbons (Fsp3) is 0.143. The molecule has 8 nitrogen and oxygen atoms in total. The number of hydrogen-bond acceptors (Lipinski definition) is 5. The molecule has 23 heavy (non-hydrogen) atoms. The Kier molecular flexibility index (Phi) is 5.26. The Morgan fingerprint density at radius 1 is 1.30 bits per heavy atom. The first-order valence-electron chi connectivity index (χ1n) is 6.62. The molecular formula is C14H15N5O3S. The highest BCUT2D eigenvalue weighted by Crippen LogP contribution is 2.07. The van der Waals surface area contributed by atoms with Crippen LogP contribution < -0.4 is 16.2 Å². The molecule has 0 saturated heterocycles. The molecule has 2 amide bonds. The first-order valence-corrected chi connectivity index (χ1v) is 7.02. The van der Waals surface area contributed by atoms with Gasteiger partial charge in [0.1, 0.15) is 11.5 Å². The van der Waals surface area contributed by atoms with Gasteiger partial charge in [-0.05, 0) is 50.3 Å². The summed E-state index contributed by atoms with van der Waals surface area (Å²) in [5.41, 5.74) is 5.70. The highest BCUT2D eigenvalue weighted by Gasteiger charge is 2.09. The summed E-state index contributed by atoms with van der Waals surface area (Å²) in [6.07, 6.45) is 2.78. The van der Waals surface area contributed by atoms with Gasteiger partial charge in [0.05, 0.1) is 0 Å². The van der Waals surface area contributed by atoms with Gasteiger partial charge < -0.3 is 4.42 Å². The van der Waals surface area contributed by atoms with Crippen LogP contribution in [0.5, 0.6) is 0 Å². The number of furan rings is 1. The zero-order valence-electron chi connectivity index (χ0n) is 12.5. The zero-order chi connectivity index (χ0) is 16.8. The fourth-order valence-corrected chi connectivity index (χ4v) is 1.75. The van der Waals surface area contributed by atoms with Crippen molar-refractivity contribution in [3.8, 4) is 0 Å². The van der Waals surface area contributed by atoms with Gasteiger partial charge in [0, 0.05) is 11.8 Å². The van der Waals surface area contributed by atoms with E-state index in [0.717, 1.165) is 11.5 Å². The predicted molar refractivity (Wildman–Crippen MR) is 87.1 cm³/mol. The Labute approximate surface area is 137 Å². The molecule has 0 unspecified atom stereocenters. The number of thiocarbonyl (C=S) groups is 1. The number of hydrogen-bond donors (Lipinski definition) is 4. The molecule has 0 radical (unpaired) electrons. The van der Waals surface area contributed by atoms with E-state index in [4.69, 9.17) is 16.6 Å². The third-order valence-corrected chi connectivity index (χ3v) is 2.83. The lowest BCUT2D eigenvalue weighted by atomic mass is 10.4. The second-order valence-corrected chi connectivity index (χ2v) is 5.02. The van der Waals surface area contributed by atoms with Crippen LogP contribution in [-0.4, -0.2) is 27.1 Å². The molecule has 120 valence electrons. The van der Waals surface area contributed by atoms with Crippen LogP contribution in [-0.2, 0) is 4.79 Å². The SMILES string of the molecule is Cc1cc(C(=O)NNC(=S)NC(=O)C=Cc2ccc(C)o2)n[nH]1. The Bertz CT molecular complexity index is 762. The minimum absolute atomic E-state index is 0.0455. The molecule has 2 rings (SSSR count). The quantitative estimate of drug-likeness (QED) is 0.378. The van der Waals surface area contributed by atoms with Crippen molar-refractivity contribution in [2.75, 3.05) is 0 Å². The summed E-state index contributed by atoms with van der Waals surface area (Å²) in [7, 11) is 0. The number of carbonyl (C=O) groups is 2. The van der Waals surface area contributed by atoms with E-state index in [1.54, 1.807) is 32.0 Å². The molecule has 2 aromatic rings. The van der Waals surface area contributed by atoms with Crippen LogP contribution in [0.2, 0.25) is 0 Å². The first kappa shape index (κ1) is 16.4. The van der Waals surface area contributed by atoms with Gasteiger partial charge in [0.2, 0.25) is 5.91 Å². The van der Waals surface area contributed by atoms with Crippen LogP contribution in [0.4, 0.5) is 0 Å². The van der Waals surface area contributed by atoms with Gasteiger partial charge in [-0.25, -0.2) is 0 Å². The van der Waals surface area contributed by atoms with Gasteiger partial charge in [0.15, 0.2) is 10.8 Å². The molecule has 0 aliphatic carbocycles. The van der Waals surface area contributed by atoms with Gasteiger partial charge in [-0.1, -0.05) is 0 Å². The third kappa shape index (κ3) is 5.08. The minimum atomic E-state index is -0.479.